The van der Waals surface area contributed by atoms with Gasteiger partial charge in [-0.15, -0.1) is 0 Å². The van der Waals surface area contributed by atoms with Crippen molar-refractivity contribution in [2.75, 3.05) is 50.5 Å². The number of fused-ring (bicyclic) bond motifs is 3. The topological polar surface area (TPSA) is 125 Å². The maximum absolute atomic E-state index is 14.2. The minimum Gasteiger partial charge on any atom is -0.463 e. The number of nitriles is 1. The number of alkyl halides is 3. The fourth-order valence-electron chi connectivity index (χ4n) is 6.36. The summed E-state index contributed by atoms with van der Waals surface area (Å²) < 4.78 is 68.4. The molecule has 2 fully saturated rings. The second kappa shape index (κ2) is 12.1. The van der Waals surface area contributed by atoms with Gasteiger partial charge in [0, 0.05) is 36.7 Å². The van der Waals surface area contributed by atoms with Crippen LogP contribution < -0.4 is 15.4 Å². The van der Waals surface area contributed by atoms with Gasteiger partial charge in [0.15, 0.2) is 5.83 Å². The molecule has 0 bridgehead atoms. The molecule has 2 aromatic heterocycles. The number of ether oxygens (including phenoxy) is 1. The van der Waals surface area contributed by atoms with Crippen molar-refractivity contribution in [3.05, 3.63) is 54.6 Å². The minimum atomic E-state index is -4.66. The maximum Gasteiger partial charge on any atom is 0.417 e. The third-order valence-electron chi connectivity index (χ3n) is 8.68. The lowest BCUT2D eigenvalue weighted by Crippen LogP contribution is -2.55. The van der Waals surface area contributed by atoms with Crippen LogP contribution in [0, 0.1) is 11.3 Å². The Kier molecular flexibility index (Phi) is 8.20. The second-order valence-electron chi connectivity index (χ2n) is 11.6. The summed E-state index contributed by atoms with van der Waals surface area (Å²) >= 11 is 0. The van der Waals surface area contributed by atoms with Crippen LogP contribution in [0.4, 0.5) is 29.1 Å². The van der Waals surface area contributed by atoms with Gasteiger partial charge in [-0.1, -0.05) is 6.58 Å². The Labute approximate surface area is 261 Å². The zero-order valence-corrected chi connectivity index (χ0v) is 25.0. The lowest BCUT2D eigenvalue weighted by Gasteiger charge is -2.41. The van der Waals surface area contributed by atoms with E-state index in [-0.39, 0.29) is 66.0 Å². The molecule has 2 saturated heterocycles. The third kappa shape index (κ3) is 5.78. The Morgan fingerprint density at radius 2 is 1.98 bits per heavy atom. The van der Waals surface area contributed by atoms with E-state index >= 15 is 0 Å². The quantitative estimate of drug-likeness (QED) is 0.158. The first-order chi connectivity index (χ1) is 22.0. The van der Waals surface area contributed by atoms with Crippen LogP contribution in [0.1, 0.15) is 24.8 Å². The van der Waals surface area contributed by atoms with Gasteiger partial charge in [-0.05, 0) is 67.9 Å². The number of likely N-dealkylation sites (tertiary alicyclic amines) is 1. The van der Waals surface area contributed by atoms with Crippen molar-refractivity contribution >= 4 is 39.3 Å². The summed E-state index contributed by atoms with van der Waals surface area (Å²) in [6, 6.07) is 8.04. The highest BCUT2D eigenvalue weighted by molar-refractivity contribution is 6.14. The molecule has 1 amide bonds. The molecule has 240 valence electrons. The minimum absolute atomic E-state index is 0.00996. The first-order valence-corrected chi connectivity index (χ1v) is 14.8. The maximum atomic E-state index is 14.2. The molecule has 10 nitrogen and oxygen atoms in total. The number of nitrogens with two attached hydrogens (primary N) is 1. The number of benzene rings is 2. The van der Waals surface area contributed by atoms with E-state index in [1.54, 1.807) is 6.07 Å². The van der Waals surface area contributed by atoms with Crippen LogP contribution in [-0.2, 0) is 11.0 Å². The molecule has 2 atom stereocenters. The molecule has 14 heteroatoms. The summed E-state index contributed by atoms with van der Waals surface area (Å²) in [5, 5.41) is 10.3. The number of nitrogens with zero attached hydrogens (tertiary/aromatic N) is 6. The Morgan fingerprint density at radius 1 is 1.17 bits per heavy atom. The van der Waals surface area contributed by atoms with Crippen LogP contribution in [0.3, 0.4) is 0 Å². The van der Waals surface area contributed by atoms with Gasteiger partial charge < -0.3 is 29.6 Å². The van der Waals surface area contributed by atoms with Gasteiger partial charge in [0.2, 0.25) is 0 Å². The summed E-state index contributed by atoms with van der Waals surface area (Å²) in [6.07, 6.45) is -1.42. The molecular weight excluding hydrogens is 606 g/mol. The van der Waals surface area contributed by atoms with Crippen molar-refractivity contribution in [1.82, 2.24) is 19.8 Å². The van der Waals surface area contributed by atoms with Gasteiger partial charge in [0.25, 0.3) is 5.91 Å². The van der Waals surface area contributed by atoms with Crippen molar-refractivity contribution in [1.29, 1.82) is 5.26 Å². The number of likely N-dealkylation sites (N-methyl/N-ethyl adjacent to an activating group) is 1. The van der Waals surface area contributed by atoms with E-state index in [0.717, 1.165) is 25.5 Å². The van der Waals surface area contributed by atoms with Crippen molar-refractivity contribution in [3.63, 3.8) is 0 Å². The average Bonchev–Trinajstić information content (AvgIpc) is 3.67. The second-order valence-corrected chi connectivity index (χ2v) is 11.6. The zero-order valence-electron chi connectivity index (χ0n) is 25.0. The number of anilines is 2. The molecule has 46 heavy (non-hydrogen) atoms. The van der Waals surface area contributed by atoms with Crippen LogP contribution >= 0.6 is 0 Å². The number of rotatable bonds is 7. The largest absolute Gasteiger partial charge is 0.463 e. The fraction of sp³-hybridized carbons (Fsp3) is 0.375. The highest BCUT2D eigenvalue weighted by Crippen LogP contribution is 2.44. The Hall–Kier alpha value is -4.90. The van der Waals surface area contributed by atoms with Gasteiger partial charge in [0.1, 0.15) is 18.0 Å². The molecular formula is C32H31F4N7O3. The van der Waals surface area contributed by atoms with Gasteiger partial charge in [-0.3, -0.25) is 4.79 Å². The number of carbonyl (C=O) groups is 1. The molecule has 2 aliphatic heterocycles. The number of hydrogen-bond acceptors (Lipinski definition) is 9. The number of aromatic nitrogens is 2. The lowest BCUT2D eigenvalue weighted by atomic mass is 9.94. The molecule has 0 spiro atoms. The number of amides is 1. The molecule has 0 saturated carbocycles. The summed E-state index contributed by atoms with van der Waals surface area (Å²) in [4.78, 5) is 27.2. The van der Waals surface area contributed by atoms with Crippen molar-refractivity contribution < 1.29 is 31.5 Å². The molecule has 2 aromatic carbocycles. The van der Waals surface area contributed by atoms with E-state index in [2.05, 4.69) is 22.5 Å². The number of piperazine rings is 1. The average molecular weight is 638 g/mol. The van der Waals surface area contributed by atoms with E-state index in [4.69, 9.17) is 19.9 Å². The Balaban J connectivity index is 1.52. The van der Waals surface area contributed by atoms with Crippen molar-refractivity contribution in [3.8, 4) is 23.2 Å². The molecule has 4 aromatic rings. The predicted molar refractivity (Wildman–Crippen MR) is 163 cm³/mol. The summed E-state index contributed by atoms with van der Waals surface area (Å²) in [5.41, 5.74) is 5.82. The van der Waals surface area contributed by atoms with E-state index in [9.17, 15) is 27.6 Å². The smallest absolute Gasteiger partial charge is 0.417 e. The van der Waals surface area contributed by atoms with Crippen LogP contribution in [0.2, 0.25) is 0 Å². The van der Waals surface area contributed by atoms with Gasteiger partial charge >= 0.3 is 12.2 Å². The van der Waals surface area contributed by atoms with Crippen LogP contribution in [0.15, 0.2) is 53.4 Å². The molecule has 6 rings (SSSR count). The molecule has 0 aliphatic carbocycles. The Bertz CT molecular complexity index is 1870. The van der Waals surface area contributed by atoms with E-state index in [1.807, 2.05) is 11.9 Å². The van der Waals surface area contributed by atoms with Crippen LogP contribution in [0.5, 0.6) is 6.01 Å². The van der Waals surface area contributed by atoms with Crippen LogP contribution in [0.25, 0.3) is 33.0 Å². The van der Waals surface area contributed by atoms with E-state index < -0.39 is 29.5 Å². The van der Waals surface area contributed by atoms with E-state index in [1.165, 1.54) is 29.4 Å². The van der Waals surface area contributed by atoms with Crippen molar-refractivity contribution in [2.45, 2.75) is 37.5 Å². The van der Waals surface area contributed by atoms with Crippen LogP contribution in [-0.4, -0.2) is 77.6 Å². The zero-order chi connectivity index (χ0) is 32.7. The number of hydrogen-bond donors (Lipinski definition) is 1. The fourth-order valence-corrected chi connectivity index (χ4v) is 6.36. The lowest BCUT2D eigenvalue weighted by molar-refractivity contribution is -0.137. The Morgan fingerprint density at radius 3 is 2.67 bits per heavy atom. The van der Waals surface area contributed by atoms with Gasteiger partial charge in [0.05, 0.1) is 41.3 Å². The SMILES string of the molecule is C=C(F)C(=O)N1CCN(c2nc(OC[C@@H]3CCCN3C)nc3cc(-c4cc(N)ccc4C(F)(F)F)c4ccoc4c23)C[C@@H]1CC#N. The monoisotopic (exact) mass is 637 g/mol. The first-order valence-electron chi connectivity index (χ1n) is 14.8. The number of halogens is 4. The molecule has 0 radical (unpaired) electrons. The molecule has 4 heterocycles. The molecule has 2 N–H and O–H groups in total. The standard InChI is InChI=1S/C32H31F4N7O3/c1-18(33)30(44)43-12-11-42(16-20(43)7-9-37)29-27-26(39-31(40-29)46-17-21-4-3-10-41(21)2)15-23(22-8-13-45-28(22)27)24-14-19(38)5-6-25(24)32(34,35)36/h5-6,8,13-15,20-21H,1,3-4,7,10-12,16-17,38H2,2H3/t20-,21-/m0/s1. The highest BCUT2D eigenvalue weighted by atomic mass is 19.4. The first kappa shape index (κ1) is 31.1. The summed E-state index contributed by atoms with van der Waals surface area (Å²) in [7, 11) is 2.00. The van der Waals surface area contributed by atoms with Crippen molar-refractivity contribution in [2.24, 2.45) is 0 Å². The number of furan rings is 1. The van der Waals surface area contributed by atoms with Gasteiger partial charge in [-0.25, -0.2) is 4.39 Å². The number of carbonyl (C=O) groups excluding carboxylic acids is 1. The molecule has 0 unspecified atom stereocenters. The number of nitrogen functional groups attached to an aromatic ring is 1. The highest BCUT2D eigenvalue weighted by Gasteiger charge is 2.36. The third-order valence-corrected chi connectivity index (χ3v) is 8.68. The normalized spacial score (nSPS) is 19.1. The molecule has 2 aliphatic rings. The summed E-state index contributed by atoms with van der Waals surface area (Å²) in [5.74, 6) is -1.66. The predicted octanol–water partition coefficient (Wildman–Crippen LogP) is 5.53. The van der Waals surface area contributed by atoms with E-state index in [0.29, 0.717) is 23.2 Å². The van der Waals surface area contributed by atoms with Gasteiger partial charge in [-0.2, -0.15) is 28.4 Å². The summed E-state index contributed by atoms with van der Waals surface area (Å²) in [6.45, 7) is 4.72.